The average molecular weight is 398 g/mol. The first-order valence-electron chi connectivity index (χ1n) is 9.10. The minimum Gasteiger partial charge on any atom is -0.494 e. The van der Waals surface area contributed by atoms with E-state index in [1.807, 2.05) is 6.92 Å². The fourth-order valence-electron chi connectivity index (χ4n) is 3.96. The lowest BCUT2D eigenvalue weighted by atomic mass is 9.86. The molecule has 9 heteroatoms. The van der Waals surface area contributed by atoms with Crippen molar-refractivity contribution in [3.05, 3.63) is 51.1 Å². The average Bonchev–Trinajstić information content (AvgIpc) is 3.20. The molecule has 1 aliphatic rings. The van der Waals surface area contributed by atoms with Crippen molar-refractivity contribution < 1.29 is 28.3 Å². The summed E-state index contributed by atoms with van der Waals surface area (Å²) in [6.07, 6.45) is -2.41. The Bertz CT molecular complexity index is 878. The van der Waals surface area contributed by atoms with E-state index in [4.69, 9.17) is 0 Å². The molecule has 0 saturated carbocycles. The number of hydrogen-bond donors (Lipinski definition) is 2. The van der Waals surface area contributed by atoms with E-state index < -0.39 is 34.7 Å². The monoisotopic (exact) mass is 398 g/mol. The molecule has 0 radical (unpaired) electrons. The van der Waals surface area contributed by atoms with Crippen LogP contribution in [0.2, 0.25) is 0 Å². The van der Waals surface area contributed by atoms with Gasteiger partial charge in [0.25, 0.3) is 5.69 Å². The summed E-state index contributed by atoms with van der Waals surface area (Å²) in [5, 5.41) is 32.0. The first-order valence-corrected chi connectivity index (χ1v) is 9.10. The van der Waals surface area contributed by atoms with E-state index in [1.54, 1.807) is 0 Å². The highest BCUT2D eigenvalue weighted by molar-refractivity contribution is 5.77. The predicted molar refractivity (Wildman–Crippen MR) is 95.6 cm³/mol. The maximum Gasteiger partial charge on any atom is 0.390 e. The highest BCUT2D eigenvalue weighted by Gasteiger charge is 2.64. The zero-order chi connectivity index (χ0) is 20.7. The Hall–Kier alpha value is -2.71. The Labute approximate surface area is 159 Å². The maximum absolute atomic E-state index is 13.3. The molecule has 152 valence electrons. The van der Waals surface area contributed by atoms with Crippen LogP contribution in [-0.4, -0.2) is 25.9 Å². The Kier molecular flexibility index (Phi) is 5.03. The number of rotatable bonds is 8. The molecule has 0 amide bonds. The number of nitro benzene ring substituents is 1. The number of aromatic nitrogens is 1. The van der Waals surface area contributed by atoms with Gasteiger partial charge in [-0.1, -0.05) is 38.3 Å². The Morgan fingerprint density at radius 1 is 1.14 bits per heavy atom. The number of aromatic hydroxyl groups is 2. The molecule has 2 N–H and O–H groups in total. The number of non-ortho nitro benzene ring substituents is 1. The fraction of sp³-hybridized carbons (Fsp3) is 0.474. The molecule has 28 heavy (non-hydrogen) atoms. The van der Waals surface area contributed by atoms with E-state index in [0.29, 0.717) is 13.0 Å². The van der Waals surface area contributed by atoms with Crippen LogP contribution in [0.15, 0.2) is 24.3 Å². The van der Waals surface area contributed by atoms with Crippen LogP contribution in [0.4, 0.5) is 18.9 Å². The number of fused-ring (bicyclic) bond motifs is 1. The van der Waals surface area contributed by atoms with Gasteiger partial charge in [-0.15, -0.1) is 0 Å². The highest BCUT2D eigenvalue weighted by Crippen LogP contribution is 2.67. The molecule has 0 aliphatic heterocycles. The molecule has 1 aromatic heterocycles. The van der Waals surface area contributed by atoms with Crippen molar-refractivity contribution >= 4 is 5.69 Å². The van der Waals surface area contributed by atoms with Crippen molar-refractivity contribution in [2.75, 3.05) is 0 Å². The number of hydrogen-bond acceptors (Lipinski definition) is 4. The molecule has 6 nitrogen and oxygen atoms in total. The van der Waals surface area contributed by atoms with Crippen molar-refractivity contribution in [2.45, 2.75) is 57.2 Å². The molecule has 0 unspecified atom stereocenters. The van der Waals surface area contributed by atoms with Gasteiger partial charge in [0.15, 0.2) is 11.8 Å². The SMILES string of the molecule is CCCCCCn1c(O)c2c(c1O)C2(CC(F)(F)F)c1cccc([N+](=O)[O-])c1. The van der Waals surface area contributed by atoms with Gasteiger partial charge in [0.05, 0.1) is 16.8 Å². The maximum atomic E-state index is 13.3. The molecule has 0 atom stereocenters. The third-order valence-corrected chi connectivity index (χ3v) is 5.25. The second kappa shape index (κ2) is 7.03. The molecule has 1 aromatic carbocycles. The molecular formula is C19H21F3N2O4. The van der Waals surface area contributed by atoms with Crippen molar-refractivity contribution in [3.63, 3.8) is 0 Å². The van der Waals surface area contributed by atoms with E-state index in [1.165, 1.54) is 22.8 Å². The number of unbranched alkanes of at least 4 members (excludes halogenated alkanes) is 3. The van der Waals surface area contributed by atoms with Gasteiger partial charge in [-0.2, -0.15) is 13.2 Å². The quantitative estimate of drug-likeness (QED) is 0.373. The fourth-order valence-corrected chi connectivity index (χ4v) is 3.96. The molecule has 2 aromatic rings. The normalized spacial score (nSPS) is 14.7. The molecule has 0 spiro atoms. The lowest BCUT2D eigenvalue weighted by Crippen LogP contribution is -2.23. The van der Waals surface area contributed by atoms with Crippen LogP contribution in [0.3, 0.4) is 0 Å². The van der Waals surface area contributed by atoms with Crippen LogP contribution in [0.5, 0.6) is 11.8 Å². The van der Waals surface area contributed by atoms with E-state index >= 15 is 0 Å². The summed E-state index contributed by atoms with van der Waals surface area (Å²) in [7, 11) is 0. The van der Waals surface area contributed by atoms with Crippen molar-refractivity contribution in [1.82, 2.24) is 4.57 Å². The molecule has 3 rings (SSSR count). The lowest BCUT2D eigenvalue weighted by Gasteiger charge is -2.22. The second-order valence-electron chi connectivity index (χ2n) is 7.11. The van der Waals surface area contributed by atoms with E-state index in [0.717, 1.165) is 25.3 Å². The summed E-state index contributed by atoms with van der Waals surface area (Å²) in [6, 6.07) is 4.91. The van der Waals surface area contributed by atoms with Crippen molar-refractivity contribution in [1.29, 1.82) is 0 Å². The summed E-state index contributed by atoms with van der Waals surface area (Å²) in [5.41, 5.74) is -2.09. The van der Waals surface area contributed by atoms with Gasteiger partial charge >= 0.3 is 6.18 Å². The first kappa shape index (κ1) is 20.0. The van der Waals surface area contributed by atoms with E-state index in [-0.39, 0.29) is 22.4 Å². The number of nitrogens with zero attached hydrogens (tertiary/aromatic N) is 2. The first-order chi connectivity index (χ1) is 13.1. The minimum atomic E-state index is -4.60. The standard InChI is InChI=1S/C19H21F3N2O4/c1-2-3-4-5-9-23-16(25)14-15(17(23)26)18(14,11-19(20,21)22)12-7-6-8-13(10-12)24(27)28/h6-8,10,25-26H,2-5,9,11H2,1H3. The summed E-state index contributed by atoms with van der Waals surface area (Å²) in [6.45, 7) is 2.33. The number of nitro groups is 1. The van der Waals surface area contributed by atoms with Gasteiger partial charge in [0.2, 0.25) is 0 Å². The number of halogens is 3. The van der Waals surface area contributed by atoms with Gasteiger partial charge in [-0.3, -0.25) is 14.7 Å². The summed E-state index contributed by atoms with van der Waals surface area (Å²) >= 11 is 0. The zero-order valence-corrected chi connectivity index (χ0v) is 15.3. The van der Waals surface area contributed by atoms with Gasteiger partial charge in [0, 0.05) is 29.8 Å². The van der Waals surface area contributed by atoms with E-state index in [2.05, 4.69) is 0 Å². The van der Waals surface area contributed by atoms with Crippen LogP contribution >= 0.6 is 0 Å². The van der Waals surface area contributed by atoms with E-state index in [9.17, 15) is 33.5 Å². The topological polar surface area (TPSA) is 88.5 Å². The second-order valence-corrected chi connectivity index (χ2v) is 7.11. The Morgan fingerprint density at radius 2 is 1.79 bits per heavy atom. The Morgan fingerprint density at radius 3 is 2.32 bits per heavy atom. The van der Waals surface area contributed by atoms with Crippen molar-refractivity contribution in [3.8, 4) is 11.8 Å². The third-order valence-electron chi connectivity index (χ3n) is 5.25. The molecule has 0 fully saturated rings. The summed E-state index contributed by atoms with van der Waals surface area (Å²) < 4.78 is 41.2. The van der Waals surface area contributed by atoms with Gasteiger partial charge < -0.3 is 10.2 Å². The van der Waals surface area contributed by atoms with Crippen LogP contribution in [0.25, 0.3) is 0 Å². The van der Waals surface area contributed by atoms with Crippen LogP contribution in [0.1, 0.15) is 55.7 Å². The lowest BCUT2D eigenvalue weighted by molar-refractivity contribution is -0.385. The van der Waals surface area contributed by atoms with Gasteiger partial charge in [0.1, 0.15) is 0 Å². The number of alkyl halides is 3. The highest BCUT2D eigenvalue weighted by atomic mass is 19.4. The summed E-state index contributed by atoms with van der Waals surface area (Å²) in [4.78, 5) is 10.3. The number of benzene rings is 1. The van der Waals surface area contributed by atoms with Crippen LogP contribution in [-0.2, 0) is 12.0 Å². The van der Waals surface area contributed by atoms with Crippen molar-refractivity contribution in [2.24, 2.45) is 0 Å². The van der Waals surface area contributed by atoms with Gasteiger partial charge in [-0.05, 0) is 12.0 Å². The molecule has 0 saturated heterocycles. The van der Waals surface area contributed by atoms with Crippen LogP contribution in [0, 0.1) is 10.1 Å². The third kappa shape index (κ3) is 3.29. The smallest absolute Gasteiger partial charge is 0.390 e. The summed E-state index contributed by atoms with van der Waals surface area (Å²) in [5.74, 6) is -0.806. The minimum absolute atomic E-state index is 0.00156. The molecule has 1 heterocycles. The predicted octanol–water partition coefficient (Wildman–Crippen LogP) is 4.99. The van der Waals surface area contributed by atoms with Crippen LogP contribution < -0.4 is 0 Å². The zero-order valence-electron chi connectivity index (χ0n) is 15.3. The Balaban J connectivity index is 2.00. The molecule has 1 aliphatic carbocycles. The molecule has 0 bridgehead atoms. The van der Waals surface area contributed by atoms with Gasteiger partial charge in [-0.25, -0.2) is 0 Å². The molecular weight excluding hydrogens is 377 g/mol. The largest absolute Gasteiger partial charge is 0.494 e.